The molecule has 3 aromatic rings. The fourth-order valence-electron chi connectivity index (χ4n) is 6.00. The van der Waals surface area contributed by atoms with E-state index in [0.29, 0.717) is 29.2 Å². The summed E-state index contributed by atoms with van der Waals surface area (Å²) in [7, 11) is 4.23. The van der Waals surface area contributed by atoms with Crippen molar-refractivity contribution in [3.05, 3.63) is 93.0 Å². The number of aliphatic hydroxyl groups excluding tert-OH is 1. The van der Waals surface area contributed by atoms with Gasteiger partial charge in [0.2, 0.25) is 0 Å². The maximum Gasteiger partial charge on any atom is 0.174 e. The van der Waals surface area contributed by atoms with E-state index in [1.54, 1.807) is 14.2 Å². The smallest absolute Gasteiger partial charge is 0.174 e. The van der Waals surface area contributed by atoms with Crippen molar-refractivity contribution in [1.82, 2.24) is 4.31 Å². The molecule has 0 aromatic heterocycles. The van der Waals surface area contributed by atoms with Crippen LogP contribution in [0.4, 0.5) is 0 Å². The van der Waals surface area contributed by atoms with Gasteiger partial charge in [-0.25, -0.2) is 12.1 Å². The van der Waals surface area contributed by atoms with Gasteiger partial charge in [0.15, 0.2) is 5.60 Å². The molecule has 1 saturated carbocycles. The third-order valence-electron chi connectivity index (χ3n) is 7.71. The number of halogens is 1. The molecule has 0 spiro atoms. The van der Waals surface area contributed by atoms with Gasteiger partial charge in [-0.15, -0.1) is 0 Å². The molecule has 2 aliphatic heterocycles. The molecular weight excluding hydrogens is 818 g/mol. The molecule has 0 radical (unpaired) electrons. The fraction of sp³-hybridized carbons (Fsp3) is 0.400. The molecular formula is C30H36BrN2O5SU-. The van der Waals surface area contributed by atoms with Crippen molar-refractivity contribution in [3.63, 3.8) is 0 Å². The number of rotatable bonds is 5. The third kappa shape index (κ3) is 5.97. The molecule has 3 N–H and O–H groups in total. The van der Waals surface area contributed by atoms with Crippen LogP contribution in [0.3, 0.4) is 0 Å². The fourth-order valence-corrected chi connectivity index (χ4v) is 6.92. The summed E-state index contributed by atoms with van der Waals surface area (Å²) in [4.78, 5) is 0. The Labute approximate surface area is 273 Å². The first-order valence-electron chi connectivity index (χ1n) is 12.9. The molecule has 1 aliphatic carbocycles. The van der Waals surface area contributed by atoms with E-state index in [1.165, 1.54) is 0 Å². The van der Waals surface area contributed by atoms with Crippen LogP contribution in [0.1, 0.15) is 42.4 Å². The molecule has 3 aliphatic rings. The van der Waals surface area contributed by atoms with Gasteiger partial charge < -0.3 is 29.6 Å². The maximum absolute atomic E-state index is 12.3. The first kappa shape index (κ1) is 33.3. The zero-order valence-corrected chi connectivity index (χ0v) is 29.8. The molecule has 3 aromatic carbocycles. The number of methoxy groups -OCH3 is 2. The van der Waals surface area contributed by atoms with E-state index < -0.39 is 11.2 Å². The van der Waals surface area contributed by atoms with Crippen molar-refractivity contribution in [2.45, 2.75) is 36.9 Å². The van der Waals surface area contributed by atoms with E-state index in [1.807, 2.05) is 58.9 Å². The van der Waals surface area contributed by atoms with Gasteiger partial charge in [0.1, 0.15) is 22.8 Å². The quantitative estimate of drug-likeness (QED) is 0.277. The zero-order valence-electron chi connectivity index (χ0n) is 23.2. The van der Waals surface area contributed by atoms with Crippen molar-refractivity contribution < 1.29 is 55.5 Å². The normalized spacial score (nSPS) is 24.4. The van der Waals surface area contributed by atoms with Crippen LogP contribution < -0.4 is 14.2 Å². The summed E-state index contributed by atoms with van der Waals surface area (Å²) >= 11 is 4.63. The number of ether oxygens (including phenoxy) is 3. The van der Waals surface area contributed by atoms with E-state index >= 15 is 0 Å². The van der Waals surface area contributed by atoms with E-state index in [-0.39, 0.29) is 37.0 Å². The second-order valence-corrected chi connectivity index (χ2v) is 11.6. The Morgan fingerprint density at radius 2 is 1.68 bits per heavy atom. The summed E-state index contributed by atoms with van der Waals surface area (Å²) in [5, 5.41) is 26.1. The van der Waals surface area contributed by atoms with Crippen LogP contribution in [-0.4, -0.2) is 48.9 Å². The first-order valence-corrected chi connectivity index (χ1v) is 14.4. The maximum atomic E-state index is 12.3. The number of benzene rings is 3. The molecule has 0 bridgehead atoms. The Hall–Kier alpha value is -1.22. The zero-order chi connectivity index (χ0) is 28.2. The minimum atomic E-state index is -1.23. The largest absolute Gasteiger partial charge is 0.607 e. The van der Waals surface area contributed by atoms with Crippen molar-refractivity contribution >= 4 is 28.1 Å². The molecule has 6 rings (SSSR count). The van der Waals surface area contributed by atoms with Gasteiger partial charge in [-0.05, 0) is 42.0 Å². The topological polar surface area (TPSA) is 95.2 Å². The van der Waals surface area contributed by atoms with Gasteiger partial charge in [0.25, 0.3) is 0 Å². The molecule has 214 valence electrons. The van der Waals surface area contributed by atoms with Crippen molar-refractivity contribution in [1.29, 1.82) is 0 Å². The van der Waals surface area contributed by atoms with Gasteiger partial charge in [-0.1, -0.05) is 65.3 Å². The predicted molar refractivity (Wildman–Crippen MR) is 159 cm³/mol. The van der Waals surface area contributed by atoms with Gasteiger partial charge in [-0.2, -0.15) is 0 Å². The second-order valence-electron chi connectivity index (χ2n) is 9.95. The molecule has 3 unspecified atom stereocenters. The van der Waals surface area contributed by atoms with E-state index in [2.05, 4.69) is 35.0 Å². The van der Waals surface area contributed by atoms with Crippen LogP contribution in [0.5, 0.6) is 17.2 Å². The summed E-state index contributed by atoms with van der Waals surface area (Å²) in [5.41, 5.74) is 0.602. The Kier molecular flexibility index (Phi) is 11.9. The molecule has 2 fully saturated rings. The van der Waals surface area contributed by atoms with Crippen LogP contribution in [-0.2, 0) is 11.2 Å². The number of hydrogen-bond donors (Lipinski definition) is 2. The van der Waals surface area contributed by atoms with Crippen LogP contribution in [0.2, 0.25) is 0 Å². The Morgan fingerprint density at radius 3 is 2.20 bits per heavy atom. The number of aliphatic hydroxyl groups is 2. The third-order valence-corrected chi connectivity index (χ3v) is 8.80. The average molecular weight is 855 g/mol. The van der Waals surface area contributed by atoms with Gasteiger partial charge in [0.05, 0.1) is 19.8 Å². The number of hydrogen-bond acceptors (Lipinski definition) is 7. The molecule has 10 heteroatoms. The number of nitrogens with one attached hydrogen (secondary N) is 1. The minimum absolute atomic E-state index is 0. The van der Waals surface area contributed by atoms with Crippen LogP contribution in [0.15, 0.2) is 71.2 Å². The summed E-state index contributed by atoms with van der Waals surface area (Å²) in [6.45, 7) is 4.41. The van der Waals surface area contributed by atoms with Crippen LogP contribution in [0, 0.1) is 37.0 Å². The molecule has 3 atom stereocenters. The average Bonchev–Trinajstić information content (AvgIpc) is 3.39. The molecule has 2 heterocycles. The number of nitrogens with zero attached hydrogens (tertiary/aromatic N) is 1. The number of fused-ring (bicyclic) bond motifs is 3. The van der Waals surface area contributed by atoms with Crippen LogP contribution >= 0.6 is 28.1 Å². The van der Waals surface area contributed by atoms with Gasteiger partial charge >= 0.3 is 0 Å². The predicted octanol–water partition coefficient (Wildman–Crippen LogP) is 6.68. The van der Waals surface area contributed by atoms with Crippen molar-refractivity contribution in [2.75, 3.05) is 34.4 Å². The first-order chi connectivity index (χ1) is 18.9. The summed E-state index contributed by atoms with van der Waals surface area (Å²) in [6.07, 6.45) is 1.36. The molecule has 1 saturated heterocycles. The Bertz CT molecular complexity index is 1250. The standard InChI is InChI=1S/C25H23BrO4.C4H9N2S.CH4O.U/c1-28-19-14-21(29-2)23-22(15-19)30-25(17-8-10-18(26)11-9-17)20(12-13-24(23,25)27)16-6-4-3-5-7-16;1-4-2-6(3-4)7-5;1-2;/h3-11,14-15,20,27H,12-13H2,1-2H3;4-5H,2-3H2,1H3;2H,1H3;/q;-1;;. The molecule has 0 amide bonds. The van der Waals surface area contributed by atoms with Crippen LogP contribution in [0.25, 0.3) is 5.14 Å². The van der Waals surface area contributed by atoms with Crippen molar-refractivity contribution in [2.24, 2.45) is 5.92 Å². The van der Waals surface area contributed by atoms with E-state index in [0.717, 1.165) is 60.3 Å². The SMILES string of the molecule is CC1CN(S[NH-])C1.CO.COc1cc(OC)c2c(c1)OC1(c3ccc(Br)cc3)C(c3ccccc3)CCC21O.[U]. The van der Waals surface area contributed by atoms with Gasteiger partial charge in [0, 0.05) is 73.8 Å². The van der Waals surface area contributed by atoms with E-state index in [4.69, 9.17) is 24.5 Å². The monoisotopic (exact) mass is 853 g/mol. The molecule has 40 heavy (non-hydrogen) atoms. The Balaban J connectivity index is 0.000000382. The summed E-state index contributed by atoms with van der Waals surface area (Å²) in [5.74, 6) is 2.64. The summed E-state index contributed by atoms with van der Waals surface area (Å²) < 4.78 is 20.9. The van der Waals surface area contributed by atoms with Gasteiger partial charge in [-0.3, -0.25) is 4.31 Å². The summed E-state index contributed by atoms with van der Waals surface area (Å²) in [6, 6.07) is 22.0. The Morgan fingerprint density at radius 1 is 1.02 bits per heavy atom. The van der Waals surface area contributed by atoms with E-state index in [9.17, 15) is 5.11 Å². The molecule has 7 nitrogen and oxygen atoms in total. The minimum Gasteiger partial charge on any atom is -0.607 e. The second kappa shape index (κ2) is 14.3. The van der Waals surface area contributed by atoms with Crippen molar-refractivity contribution in [3.8, 4) is 17.2 Å².